The third kappa shape index (κ3) is 6.03. The molecule has 0 saturated carbocycles. The van der Waals surface area contributed by atoms with Gasteiger partial charge >= 0.3 is 6.09 Å². The van der Waals surface area contributed by atoms with Gasteiger partial charge in [0, 0.05) is 30.7 Å². The maximum absolute atomic E-state index is 12.3. The largest absolute Gasteiger partial charge is 0.482 e. The van der Waals surface area contributed by atoms with Crippen molar-refractivity contribution in [3.8, 4) is 5.75 Å². The smallest absolute Gasteiger partial charge is 0.407 e. The summed E-state index contributed by atoms with van der Waals surface area (Å²) < 4.78 is 11.1. The van der Waals surface area contributed by atoms with E-state index in [1.54, 1.807) is 4.90 Å². The molecule has 0 bridgehead atoms. The number of benzene rings is 2. The Morgan fingerprint density at radius 1 is 1.06 bits per heavy atom. The molecule has 3 aromatic rings. The van der Waals surface area contributed by atoms with Crippen molar-refractivity contribution in [1.82, 2.24) is 15.2 Å². The monoisotopic (exact) mass is 437 g/mol. The van der Waals surface area contributed by atoms with Gasteiger partial charge in [-0.1, -0.05) is 42.5 Å². The fourth-order valence-corrected chi connectivity index (χ4v) is 3.63. The normalized spacial score (nSPS) is 11.7. The second-order valence-corrected chi connectivity index (χ2v) is 7.66. The number of carbonyl (C=O) groups is 2. The van der Waals surface area contributed by atoms with Crippen LogP contribution < -0.4 is 10.1 Å². The van der Waals surface area contributed by atoms with Gasteiger partial charge < -0.3 is 24.7 Å². The van der Waals surface area contributed by atoms with E-state index in [9.17, 15) is 9.59 Å². The van der Waals surface area contributed by atoms with Gasteiger partial charge in [0.15, 0.2) is 6.61 Å². The number of carbonyl (C=O) groups excluding carboxylic acids is 2. The molecule has 0 unspecified atom stereocenters. The van der Waals surface area contributed by atoms with Crippen molar-refractivity contribution in [3.63, 3.8) is 0 Å². The molecular weight excluding hydrogens is 406 g/mol. The van der Waals surface area contributed by atoms with Crippen molar-refractivity contribution in [2.75, 3.05) is 19.7 Å². The topological polar surface area (TPSA) is 83.7 Å². The van der Waals surface area contributed by atoms with Gasteiger partial charge in [0.05, 0.1) is 5.52 Å². The molecule has 2 aromatic carbocycles. The molecule has 7 heteroatoms. The zero-order valence-electron chi connectivity index (χ0n) is 18.9. The molecule has 2 N–H and O–H groups in total. The summed E-state index contributed by atoms with van der Waals surface area (Å²) in [6.07, 6.45) is 2.10. The highest BCUT2D eigenvalue weighted by atomic mass is 16.5. The summed E-state index contributed by atoms with van der Waals surface area (Å²) in [5, 5.41) is 3.88. The molecule has 0 aliphatic rings. The van der Waals surface area contributed by atoms with Gasteiger partial charge in [0.2, 0.25) is 0 Å². The van der Waals surface area contributed by atoms with E-state index in [2.05, 4.69) is 10.3 Å². The standard InChI is InChI=1S/C25H31N3O4/c1-4-28(5-2)23(29)17-31-22-13-9-12-21-20(15-26-24(21)22)14-18(3)27-25(30)32-16-19-10-7-6-8-11-19/h6-13,15,18,26H,4-5,14,16-17H2,1-3H3,(H,27,30)/t18-/m1/s1. The van der Waals surface area contributed by atoms with E-state index in [0.29, 0.717) is 25.3 Å². The minimum Gasteiger partial charge on any atom is -0.482 e. The number of para-hydroxylation sites is 1. The molecule has 170 valence electrons. The number of likely N-dealkylation sites (N-methyl/N-ethyl adjacent to an activating group) is 1. The first-order chi connectivity index (χ1) is 15.5. The molecule has 2 amide bonds. The summed E-state index contributed by atoms with van der Waals surface area (Å²) in [7, 11) is 0. The number of aromatic nitrogens is 1. The maximum atomic E-state index is 12.3. The average molecular weight is 438 g/mol. The zero-order chi connectivity index (χ0) is 22.9. The lowest BCUT2D eigenvalue weighted by molar-refractivity contribution is -0.132. The van der Waals surface area contributed by atoms with E-state index < -0.39 is 6.09 Å². The molecule has 1 aromatic heterocycles. The Hall–Kier alpha value is -3.48. The average Bonchev–Trinajstić information content (AvgIpc) is 3.21. The van der Waals surface area contributed by atoms with Crippen molar-refractivity contribution in [3.05, 3.63) is 65.9 Å². The van der Waals surface area contributed by atoms with Gasteiger partial charge in [-0.05, 0) is 44.4 Å². The Balaban J connectivity index is 1.57. The summed E-state index contributed by atoms with van der Waals surface area (Å²) in [6.45, 7) is 7.39. The third-order valence-corrected chi connectivity index (χ3v) is 5.33. The van der Waals surface area contributed by atoms with Crippen LogP contribution in [0, 0.1) is 0 Å². The fraction of sp³-hybridized carbons (Fsp3) is 0.360. The van der Waals surface area contributed by atoms with Crippen LogP contribution in [0.3, 0.4) is 0 Å². The molecule has 7 nitrogen and oxygen atoms in total. The van der Waals surface area contributed by atoms with Crippen LogP contribution in [-0.4, -0.2) is 47.6 Å². The molecule has 0 fully saturated rings. The summed E-state index contributed by atoms with van der Waals surface area (Å²) in [5.41, 5.74) is 2.84. The number of alkyl carbamates (subject to hydrolysis) is 1. The van der Waals surface area contributed by atoms with Crippen molar-refractivity contribution >= 4 is 22.9 Å². The van der Waals surface area contributed by atoms with E-state index in [4.69, 9.17) is 9.47 Å². The first kappa shape index (κ1) is 23.2. The minimum absolute atomic E-state index is 0.000357. The Labute approximate surface area is 188 Å². The van der Waals surface area contributed by atoms with Crippen LogP contribution in [-0.2, 0) is 22.6 Å². The van der Waals surface area contributed by atoms with Crippen LogP contribution in [0.25, 0.3) is 10.9 Å². The quantitative estimate of drug-likeness (QED) is 0.496. The highest BCUT2D eigenvalue weighted by Crippen LogP contribution is 2.28. The van der Waals surface area contributed by atoms with Gasteiger partial charge in [-0.25, -0.2) is 4.79 Å². The molecule has 0 radical (unpaired) electrons. The first-order valence-corrected chi connectivity index (χ1v) is 11.0. The molecular formula is C25H31N3O4. The van der Waals surface area contributed by atoms with Crippen molar-refractivity contribution in [2.24, 2.45) is 0 Å². The van der Waals surface area contributed by atoms with Crippen LogP contribution in [0.4, 0.5) is 4.79 Å². The van der Waals surface area contributed by atoms with E-state index in [0.717, 1.165) is 22.0 Å². The highest BCUT2D eigenvalue weighted by Gasteiger charge is 2.15. The van der Waals surface area contributed by atoms with Gasteiger partial charge in [-0.15, -0.1) is 0 Å². The maximum Gasteiger partial charge on any atom is 0.407 e. The Bertz CT molecular complexity index is 1030. The van der Waals surface area contributed by atoms with Gasteiger partial charge in [-0.2, -0.15) is 0 Å². The molecule has 32 heavy (non-hydrogen) atoms. The lowest BCUT2D eigenvalue weighted by atomic mass is 10.1. The number of amides is 2. The number of H-pyrrole nitrogens is 1. The number of hydrogen-bond donors (Lipinski definition) is 2. The number of rotatable bonds is 10. The second kappa shape index (κ2) is 11.2. The molecule has 3 rings (SSSR count). The van der Waals surface area contributed by atoms with Crippen molar-refractivity contribution in [2.45, 2.75) is 39.8 Å². The molecule has 0 aliphatic carbocycles. The van der Waals surface area contributed by atoms with Crippen LogP contribution in [0.2, 0.25) is 0 Å². The van der Waals surface area contributed by atoms with E-state index in [1.165, 1.54) is 0 Å². The predicted octanol–water partition coefficient (Wildman–Crippen LogP) is 4.27. The predicted molar refractivity (Wildman–Crippen MR) is 125 cm³/mol. The van der Waals surface area contributed by atoms with Crippen LogP contribution >= 0.6 is 0 Å². The van der Waals surface area contributed by atoms with Gasteiger partial charge in [0.1, 0.15) is 12.4 Å². The highest BCUT2D eigenvalue weighted by molar-refractivity contribution is 5.89. The fourth-order valence-electron chi connectivity index (χ4n) is 3.63. The lowest BCUT2D eigenvalue weighted by Crippen LogP contribution is -2.34. The minimum atomic E-state index is -0.444. The summed E-state index contributed by atoms with van der Waals surface area (Å²) in [5.74, 6) is 0.600. The SMILES string of the molecule is CCN(CC)C(=O)COc1cccc2c(C[C@@H](C)NC(=O)OCc3ccccc3)c[nH]c12. The number of hydrogen-bond acceptors (Lipinski definition) is 4. The Kier molecular flexibility index (Phi) is 8.14. The summed E-state index contributed by atoms with van der Waals surface area (Å²) >= 11 is 0. The van der Waals surface area contributed by atoms with E-state index in [1.807, 2.05) is 75.5 Å². The van der Waals surface area contributed by atoms with Gasteiger partial charge in [-0.3, -0.25) is 4.79 Å². The number of aromatic amines is 1. The molecule has 0 spiro atoms. The molecule has 1 atom stereocenters. The first-order valence-electron chi connectivity index (χ1n) is 11.0. The summed E-state index contributed by atoms with van der Waals surface area (Å²) in [6, 6.07) is 15.2. The van der Waals surface area contributed by atoms with E-state index >= 15 is 0 Å². The Morgan fingerprint density at radius 2 is 1.81 bits per heavy atom. The molecule has 1 heterocycles. The Morgan fingerprint density at radius 3 is 2.53 bits per heavy atom. The van der Waals surface area contributed by atoms with E-state index in [-0.39, 0.29) is 25.2 Å². The van der Waals surface area contributed by atoms with Crippen molar-refractivity contribution < 1.29 is 19.1 Å². The number of ether oxygens (including phenoxy) is 2. The van der Waals surface area contributed by atoms with Crippen LogP contribution in [0.15, 0.2) is 54.7 Å². The molecule has 0 saturated heterocycles. The van der Waals surface area contributed by atoms with Gasteiger partial charge in [0.25, 0.3) is 5.91 Å². The lowest BCUT2D eigenvalue weighted by Gasteiger charge is -2.18. The molecule has 0 aliphatic heterocycles. The van der Waals surface area contributed by atoms with Crippen molar-refractivity contribution in [1.29, 1.82) is 0 Å². The number of nitrogens with zero attached hydrogens (tertiary/aromatic N) is 1. The van der Waals surface area contributed by atoms with Crippen LogP contribution in [0.5, 0.6) is 5.75 Å². The zero-order valence-corrected chi connectivity index (χ0v) is 18.9. The van der Waals surface area contributed by atoms with Crippen LogP contribution in [0.1, 0.15) is 31.9 Å². The summed E-state index contributed by atoms with van der Waals surface area (Å²) in [4.78, 5) is 29.4. The second-order valence-electron chi connectivity index (χ2n) is 7.66. The number of nitrogens with one attached hydrogen (secondary N) is 2. The number of fused-ring (bicyclic) bond motifs is 1. The third-order valence-electron chi connectivity index (χ3n) is 5.33.